The number of thiophene rings is 1. The van der Waals surface area contributed by atoms with Crippen LogP contribution in [-0.4, -0.2) is 9.97 Å². The highest BCUT2D eigenvalue weighted by molar-refractivity contribution is 7.18. The molecule has 0 spiro atoms. The van der Waals surface area contributed by atoms with Gasteiger partial charge in [-0.2, -0.15) is 5.26 Å². The number of anilines is 2. The molecule has 0 aliphatic carbocycles. The fraction of sp³-hybridized carbons (Fsp3) is 0.133. The molecule has 0 fully saturated rings. The maximum absolute atomic E-state index is 9.13. The Labute approximate surface area is 120 Å². The highest BCUT2D eigenvalue weighted by Gasteiger charge is 2.09. The maximum atomic E-state index is 9.13. The molecule has 2 heterocycles. The van der Waals surface area contributed by atoms with Crippen molar-refractivity contribution >= 4 is 33.1 Å². The Morgan fingerprint density at radius 1 is 1.30 bits per heavy atom. The van der Waals surface area contributed by atoms with Crippen LogP contribution in [0.3, 0.4) is 0 Å². The van der Waals surface area contributed by atoms with Gasteiger partial charge in [-0.15, -0.1) is 11.3 Å². The molecule has 4 nitrogen and oxygen atoms in total. The van der Waals surface area contributed by atoms with Gasteiger partial charge in [0.1, 0.15) is 23.0 Å². The molecule has 1 N–H and O–H groups in total. The average Bonchev–Trinajstić information content (AvgIpc) is 2.92. The highest BCUT2D eigenvalue weighted by Crippen LogP contribution is 2.30. The smallest absolute Gasteiger partial charge is 0.142 e. The number of para-hydroxylation sites is 1. The monoisotopic (exact) mass is 280 g/mol. The van der Waals surface area contributed by atoms with E-state index in [0.717, 1.165) is 28.1 Å². The average molecular weight is 280 g/mol. The topological polar surface area (TPSA) is 61.6 Å². The van der Waals surface area contributed by atoms with Crippen LogP contribution in [0.4, 0.5) is 11.5 Å². The second kappa shape index (κ2) is 5.27. The minimum Gasteiger partial charge on any atom is -0.339 e. The van der Waals surface area contributed by atoms with Gasteiger partial charge in [0.05, 0.1) is 16.6 Å². The molecule has 0 saturated heterocycles. The molecule has 0 unspecified atom stereocenters. The summed E-state index contributed by atoms with van der Waals surface area (Å²) in [6, 6.07) is 11.7. The molecule has 0 saturated carbocycles. The second-order valence-corrected chi connectivity index (χ2v) is 5.40. The van der Waals surface area contributed by atoms with Crippen LogP contribution in [0.15, 0.2) is 36.7 Å². The summed E-state index contributed by atoms with van der Waals surface area (Å²) in [5, 5.41) is 13.4. The van der Waals surface area contributed by atoms with Crippen molar-refractivity contribution in [3.8, 4) is 6.07 Å². The molecule has 0 amide bonds. The fourth-order valence-corrected chi connectivity index (χ4v) is 2.93. The van der Waals surface area contributed by atoms with E-state index in [1.807, 2.05) is 18.2 Å². The third kappa shape index (κ3) is 2.22. The molecule has 98 valence electrons. The number of nitriles is 1. The van der Waals surface area contributed by atoms with Crippen molar-refractivity contribution in [2.75, 3.05) is 5.32 Å². The van der Waals surface area contributed by atoms with Crippen molar-refractivity contribution in [2.24, 2.45) is 0 Å². The van der Waals surface area contributed by atoms with Gasteiger partial charge in [-0.25, -0.2) is 9.97 Å². The van der Waals surface area contributed by atoms with Gasteiger partial charge in [0.15, 0.2) is 0 Å². The SMILES string of the molecule is CCc1cc2c(Nc3ccccc3C#N)ncnc2s1. The van der Waals surface area contributed by atoms with Gasteiger partial charge in [-0.05, 0) is 24.6 Å². The number of aromatic nitrogens is 2. The largest absolute Gasteiger partial charge is 0.339 e. The lowest BCUT2D eigenvalue weighted by Gasteiger charge is -2.07. The van der Waals surface area contributed by atoms with E-state index in [0.29, 0.717) is 5.56 Å². The van der Waals surface area contributed by atoms with Crippen molar-refractivity contribution in [2.45, 2.75) is 13.3 Å². The third-order valence-corrected chi connectivity index (χ3v) is 4.22. The zero-order valence-electron chi connectivity index (χ0n) is 10.9. The van der Waals surface area contributed by atoms with E-state index >= 15 is 0 Å². The van der Waals surface area contributed by atoms with Crippen LogP contribution in [0.2, 0.25) is 0 Å². The minimum atomic E-state index is 0.602. The summed E-state index contributed by atoms with van der Waals surface area (Å²) in [5.41, 5.74) is 1.37. The predicted octanol–water partition coefficient (Wildman–Crippen LogP) is 3.87. The Bertz CT molecular complexity index is 801. The number of rotatable bonds is 3. The van der Waals surface area contributed by atoms with Crippen LogP contribution >= 0.6 is 11.3 Å². The van der Waals surface area contributed by atoms with Gasteiger partial charge in [0, 0.05) is 4.88 Å². The van der Waals surface area contributed by atoms with Gasteiger partial charge in [-0.3, -0.25) is 0 Å². The van der Waals surface area contributed by atoms with Crippen LogP contribution in [-0.2, 0) is 6.42 Å². The number of fused-ring (bicyclic) bond motifs is 1. The summed E-state index contributed by atoms with van der Waals surface area (Å²) in [6.45, 7) is 2.12. The highest BCUT2D eigenvalue weighted by atomic mass is 32.1. The van der Waals surface area contributed by atoms with Crippen molar-refractivity contribution in [1.29, 1.82) is 5.26 Å². The molecule has 3 aromatic rings. The first kappa shape index (κ1) is 12.6. The molecule has 0 aliphatic rings. The van der Waals surface area contributed by atoms with Gasteiger partial charge < -0.3 is 5.32 Å². The Morgan fingerprint density at radius 2 is 2.15 bits per heavy atom. The lowest BCUT2D eigenvalue weighted by atomic mass is 10.2. The second-order valence-electron chi connectivity index (χ2n) is 4.29. The third-order valence-electron chi connectivity index (χ3n) is 3.03. The van der Waals surface area contributed by atoms with E-state index in [2.05, 4.69) is 34.3 Å². The molecule has 1 aromatic carbocycles. The van der Waals surface area contributed by atoms with Gasteiger partial charge >= 0.3 is 0 Å². The molecular weight excluding hydrogens is 268 g/mol. The molecule has 2 aromatic heterocycles. The zero-order chi connectivity index (χ0) is 13.9. The molecule has 0 radical (unpaired) electrons. The van der Waals surface area contributed by atoms with Crippen LogP contribution < -0.4 is 5.32 Å². The van der Waals surface area contributed by atoms with Gasteiger partial charge in [0.2, 0.25) is 0 Å². The van der Waals surface area contributed by atoms with Crippen LogP contribution in [0.1, 0.15) is 17.4 Å². The summed E-state index contributed by atoms with van der Waals surface area (Å²) in [5.74, 6) is 0.744. The molecule has 0 aliphatic heterocycles. The number of nitrogens with zero attached hydrogens (tertiary/aromatic N) is 3. The van der Waals surface area contributed by atoms with Crippen molar-refractivity contribution < 1.29 is 0 Å². The summed E-state index contributed by atoms with van der Waals surface area (Å²) in [4.78, 5) is 10.8. The number of nitrogens with one attached hydrogen (secondary N) is 1. The summed E-state index contributed by atoms with van der Waals surface area (Å²) in [7, 11) is 0. The van der Waals surface area contributed by atoms with Crippen LogP contribution in [0, 0.1) is 11.3 Å². The Balaban J connectivity index is 2.07. The predicted molar refractivity (Wildman–Crippen MR) is 81.2 cm³/mol. The molecule has 3 rings (SSSR count). The summed E-state index contributed by atoms with van der Waals surface area (Å²) < 4.78 is 0. The van der Waals surface area contributed by atoms with E-state index < -0.39 is 0 Å². The Hall–Kier alpha value is -2.45. The van der Waals surface area contributed by atoms with E-state index in [9.17, 15) is 0 Å². The number of hydrogen-bond acceptors (Lipinski definition) is 5. The number of hydrogen-bond donors (Lipinski definition) is 1. The fourth-order valence-electron chi connectivity index (χ4n) is 2.00. The lowest BCUT2D eigenvalue weighted by molar-refractivity contribution is 1.19. The van der Waals surface area contributed by atoms with Crippen molar-refractivity contribution in [1.82, 2.24) is 9.97 Å². The summed E-state index contributed by atoms with van der Waals surface area (Å²) in [6.07, 6.45) is 2.53. The maximum Gasteiger partial charge on any atom is 0.142 e. The number of aryl methyl sites for hydroxylation is 1. The van der Waals surface area contributed by atoms with Crippen LogP contribution in [0.5, 0.6) is 0 Å². The van der Waals surface area contributed by atoms with E-state index in [1.54, 1.807) is 23.7 Å². The first-order valence-electron chi connectivity index (χ1n) is 6.31. The minimum absolute atomic E-state index is 0.602. The molecular formula is C15H12N4S. The standard InChI is InChI=1S/C15H12N4S/c1-2-11-7-12-14(17-9-18-15(12)20-11)19-13-6-4-3-5-10(13)8-16/h3-7,9H,2H2,1H3,(H,17,18,19). The quantitative estimate of drug-likeness (QED) is 0.791. The van der Waals surface area contributed by atoms with Crippen LogP contribution in [0.25, 0.3) is 10.2 Å². The van der Waals surface area contributed by atoms with Gasteiger partial charge in [-0.1, -0.05) is 19.1 Å². The lowest BCUT2D eigenvalue weighted by Crippen LogP contribution is -1.96. The Kier molecular flexibility index (Phi) is 3.32. The molecule has 0 bridgehead atoms. The van der Waals surface area contributed by atoms with E-state index in [-0.39, 0.29) is 0 Å². The first-order chi connectivity index (χ1) is 9.81. The van der Waals surface area contributed by atoms with Gasteiger partial charge in [0.25, 0.3) is 0 Å². The van der Waals surface area contributed by atoms with Crippen molar-refractivity contribution in [3.63, 3.8) is 0 Å². The number of benzene rings is 1. The van der Waals surface area contributed by atoms with E-state index in [1.165, 1.54) is 4.88 Å². The summed E-state index contributed by atoms with van der Waals surface area (Å²) >= 11 is 1.68. The molecule has 5 heteroatoms. The first-order valence-corrected chi connectivity index (χ1v) is 7.13. The van der Waals surface area contributed by atoms with E-state index in [4.69, 9.17) is 5.26 Å². The van der Waals surface area contributed by atoms with Crippen molar-refractivity contribution in [3.05, 3.63) is 47.1 Å². The normalized spacial score (nSPS) is 10.4. The zero-order valence-corrected chi connectivity index (χ0v) is 11.7. The Morgan fingerprint density at radius 3 is 2.95 bits per heavy atom. The molecule has 20 heavy (non-hydrogen) atoms. The molecule has 0 atom stereocenters.